The van der Waals surface area contributed by atoms with Crippen molar-refractivity contribution >= 4 is 38.6 Å². The molecule has 1 N–H and O–H groups in total. The average Bonchev–Trinajstić information content (AvgIpc) is 2.95. The van der Waals surface area contributed by atoms with Crippen LogP contribution in [0.5, 0.6) is 0 Å². The van der Waals surface area contributed by atoms with Crippen molar-refractivity contribution < 1.29 is 18.1 Å². The van der Waals surface area contributed by atoms with Crippen LogP contribution in [0.1, 0.15) is 19.4 Å². The highest BCUT2D eigenvalue weighted by Gasteiger charge is 2.51. The first-order chi connectivity index (χ1) is 12.6. The van der Waals surface area contributed by atoms with Crippen LogP contribution in [0.4, 0.5) is 0 Å². The highest BCUT2D eigenvalue weighted by Crippen LogP contribution is 2.40. The molecule has 0 amide bonds. The molecule has 0 spiro atoms. The molecule has 9 heteroatoms. The number of halogens is 1. The lowest BCUT2D eigenvalue weighted by Gasteiger charge is -2.29. The molecule has 1 aromatic rings. The van der Waals surface area contributed by atoms with E-state index in [1.54, 1.807) is 23.9 Å². The largest absolute Gasteiger partial charge is 0.349 e. The average molecular weight is 433 g/mol. The van der Waals surface area contributed by atoms with Crippen LogP contribution in [0.15, 0.2) is 35.7 Å². The molecule has 1 atom stereocenters. The van der Waals surface area contributed by atoms with Crippen molar-refractivity contribution in [3.05, 3.63) is 41.4 Å². The molecule has 0 bridgehead atoms. The third-order valence-electron chi connectivity index (χ3n) is 4.58. The summed E-state index contributed by atoms with van der Waals surface area (Å²) in [6, 6.07) is 4.68. The highest BCUT2D eigenvalue weighted by atomic mass is 35.5. The molecule has 0 aliphatic carbocycles. The third-order valence-corrected chi connectivity index (χ3v) is 8.16. The van der Waals surface area contributed by atoms with Gasteiger partial charge in [-0.3, -0.25) is 4.58 Å². The lowest BCUT2D eigenvalue weighted by Crippen LogP contribution is -2.47. The second-order valence-electron chi connectivity index (χ2n) is 6.39. The Hall–Kier alpha value is -1.06. The monoisotopic (exact) mass is 432 g/mol. The lowest BCUT2D eigenvalue weighted by atomic mass is 10.0. The summed E-state index contributed by atoms with van der Waals surface area (Å²) in [7, 11) is -0.822. The fraction of sp³-hybridized carbons (Fsp3) is 0.500. The zero-order valence-corrected chi connectivity index (χ0v) is 18.5. The molecule has 1 heterocycles. The second kappa shape index (κ2) is 8.53. The molecule has 0 radical (unpaired) electrons. The number of thioether (sulfide) groups is 1. The minimum Gasteiger partial charge on any atom is -0.349 e. The van der Waals surface area contributed by atoms with E-state index < -0.39 is 15.7 Å². The Labute approximate surface area is 171 Å². The van der Waals surface area contributed by atoms with Gasteiger partial charge in [0.15, 0.2) is 0 Å². The maximum Gasteiger partial charge on any atom is 0.311 e. The molecular formula is C18H27ClN3O3S2+. The predicted molar refractivity (Wildman–Crippen MR) is 112 cm³/mol. The topological polar surface area (TPSA) is 63.9 Å². The van der Waals surface area contributed by atoms with Gasteiger partial charge < -0.3 is 5.11 Å². The number of benzene rings is 1. The summed E-state index contributed by atoms with van der Waals surface area (Å²) in [5, 5.41) is 12.6. The molecule has 150 valence electrons. The van der Waals surface area contributed by atoms with Gasteiger partial charge in [-0.2, -0.15) is 0 Å². The summed E-state index contributed by atoms with van der Waals surface area (Å²) in [4.78, 5) is 1.85. The summed E-state index contributed by atoms with van der Waals surface area (Å²) in [5.41, 5.74) is -0.860. The van der Waals surface area contributed by atoms with Crippen molar-refractivity contribution in [2.75, 3.05) is 39.5 Å². The van der Waals surface area contributed by atoms with Crippen LogP contribution in [-0.2, 0) is 15.7 Å². The molecule has 1 saturated heterocycles. The van der Waals surface area contributed by atoms with Crippen LogP contribution in [0.3, 0.4) is 0 Å². The SMILES string of the molecule is C=CCN1C(=[N+](CC)CC)SCC1(O)c1ccc(Cl)c(S(=O)(=O)N(C)C)c1. The van der Waals surface area contributed by atoms with Gasteiger partial charge in [0.05, 0.1) is 23.9 Å². The first kappa shape index (κ1) is 22.2. The van der Waals surface area contributed by atoms with Gasteiger partial charge in [-0.15, -0.1) is 0 Å². The normalized spacial score (nSPS) is 20.4. The zero-order valence-electron chi connectivity index (χ0n) is 16.1. The first-order valence-electron chi connectivity index (χ1n) is 8.71. The van der Waals surface area contributed by atoms with Crippen molar-refractivity contribution in [3.8, 4) is 0 Å². The molecule has 1 aliphatic heterocycles. The Balaban J connectivity index is 2.63. The van der Waals surface area contributed by atoms with Crippen LogP contribution in [0.25, 0.3) is 0 Å². The van der Waals surface area contributed by atoms with Crippen LogP contribution in [0.2, 0.25) is 5.02 Å². The second-order valence-corrected chi connectivity index (χ2v) is 9.86. The molecule has 0 aromatic heterocycles. The Kier molecular flexibility index (Phi) is 7.02. The van der Waals surface area contributed by atoms with E-state index in [2.05, 4.69) is 25.0 Å². The van der Waals surface area contributed by atoms with Crippen molar-refractivity contribution in [3.63, 3.8) is 0 Å². The summed E-state index contributed by atoms with van der Waals surface area (Å²) in [5.74, 6) is 0.385. The molecule has 1 unspecified atom stereocenters. The van der Waals surface area contributed by atoms with E-state index >= 15 is 0 Å². The minimum absolute atomic E-state index is 0.0140. The maximum atomic E-state index is 12.6. The van der Waals surface area contributed by atoms with Crippen molar-refractivity contribution in [2.24, 2.45) is 0 Å². The number of hydrogen-bond acceptors (Lipinski definition) is 4. The third kappa shape index (κ3) is 4.05. The van der Waals surface area contributed by atoms with Crippen molar-refractivity contribution in [1.82, 2.24) is 9.21 Å². The lowest BCUT2D eigenvalue weighted by molar-refractivity contribution is -0.523. The molecule has 6 nitrogen and oxygen atoms in total. The van der Waals surface area contributed by atoms with Gasteiger partial charge in [0.1, 0.15) is 11.4 Å². The summed E-state index contributed by atoms with van der Waals surface area (Å²) < 4.78 is 28.5. The number of hydrogen-bond donors (Lipinski definition) is 1. The summed E-state index contributed by atoms with van der Waals surface area (Å²) in [6.45, 7) is 9.98. The zero-order chi connectivity index (χ0) is 20.4. The molecule has 2 rings (SSSR count). The number of rotatable bonds is 7. The Morgan fingerprint density at radius 2 is 2.04 bits per heavy atom. The minimum atomic E-state index is -3.73. The van der Waals surface area contributed by atoms with E-state index in [1.165, 1.54) is 26.2 Å². The fourth-order valence-electron chi connectivity index (χ4n) is 2.98. The van der Waals surface area contributed by atoms with Crippen molar-refractivity contribution in [2.45, 2.75) is 24.5 Å². The van der Waals surface area contributed by atoms with Crippen LogP contribution in [-0.4, -0.2) is 72.0 Å². The van der Waals surface area contributed by atoms with Gasteiger partial charge in [-0.05, 0) is 37.7 Å². The fourth-order valence-corrected chi connectivity index (χ4v) is 5.85. The van der Waals surface area contributed by atoms with E-state index in [-0.39, 0.29) is 9.92 Å². The maximum absolute atomic E-state index is 12.6. The van der Waals surface area contributed by atoms with Crippen molar-refractivity contribution in [1.29, 1.82) is 0 Å². The van der Waals surface area contributed by atoms with E-state index in [1.807, 2.05) is 4.90 Å². The highest BCUT2D eigenvalue weighted by molar-refractivity contribution is 8.13. The van der Waals surface area contributed by atoms with Gasteiger partial charge in [-0.1, -0.05) is 30.3 Å². The van der Waals surface area contributed by atoms with Gasteiger partial charge >= 0.3 is 5.17 Å². The van der Waals surface area contributed by atoms with E-state index in [0.717, 1.165) is 22.6 Å². The molecule has 0 saturated carbocycles. The van der Waals surface area contributed by atoms with Crippen LogP contribution >= 0.6 is 23.4 Å². The molecule has 1 aliphatic rings. The number of sulfonamides is 1. The van der Waals surface area contributed by atoms with E-state index in [4.69, 9.17) is 11.6 Å². The van der Waals surface area contributed by atoms with Gasteiger partial charge in [0.25, 0.3) is 0 Å². The molecule has 1 aromatic carbocycles. The van der Waals surface area contributed by atoms with Gasteiger partial charge in [-0.25, -0.2) is 17.6 Å². The number of aliphatic hydroxyl groups is 1. The summed E-state index contributed by atoms with van der Waals surface area (Å²) >= 11 is 7.71. The Bertz CT molecular complexity index is 849. The van der Waals surface area contributed by atoms with E-state index in [9.17, 15) is 13.5 Å². The molecule has 27 heavy (non-hydrogen) atoms. The smallest absolute Gasteiger partial charge is 0.311 e. The van der Waals surface area contributed by atoms with Crippen LogP contribution in [0, 0.1) is 0 Å². The quantitative estimate of drug-likeness (QED) is 0.529. The van der Waals surface area contributed by atoms with Gasteiger partial charge in [0, 0.05) is 19.7 Å². The van der Waals surface area contributed by atoms with E-state index in [0.29, 0.717) is 17.9 Å². The van der Waals surface area contributed by atoms with Gasteiger partial charge in [0.2, 0.25) is 15.7 Å². The number of amidine groups is 1. The molecule has 1 fully saturated rings. The Morgan fingerprint density at radius 3 is 2.56 bits per heavy atom. The standard InChI is InChI=1S/C18H27ClN3O3S2/c1-6-11-22-17(21(7-2)8-3)26-13-18(22,23)14-9-10-15(19)16(12-14)27(24,25)20(4)5/h6,9-10,12,23H,1,7-8,11,13H2,2-5H3/q+1. The Morgan fingerprint density at radius 1 is 1.41 bits per heavy atom. The number of nitrogens with zero attached hydrogens (tertiary/aromatic N) is 3. The first-order valence-corrected chi connectivity index (χ1v) is 11.5. The van der Waals surface area contributed by atoms with Crippen LogP contribution < -0.4 is 0 Å². The molecular weight excluding hydrogens is 406 g/mol. The summed E-state index contributed by atoms with van der Waals surface area (Å²) in [6.07, 6.45) is 1.73. The predicted octanol–water partition coefficient (Wildman–Crippen LogP) is 2.38.